The lowest BCUT2D eigenvalue weighted by Crippen LogP contribution is -2.66. The molecule has 0 aromatic rings. The summed E-state index contributed by atoms with van der Waals surface area (Å²) in [5, 5.41) is 110. The largest absolute Gasteiger partial charge is 0.396 e. The number of rotatable bonds is 11. The molecule has 0 unspecified atom stereocenters. The van der Waals surface area contributed by atoms with Gasteiger partial charge in [-0.2, -0.15) is 0 Å². The van der Waals surface area contributed by atoms with Crippen molar-refractivity contribution in [2.24, 2.45) is 50.7 Å². The van der Waals surface area contributed by atoms with Gasteiger partial charge in [0.25, 0.3) is 0 Å². The second kappa shape index (κ2) is 18.2. The third kappa shape index (κ3) is 7.71. The predicted molar refractivity (Wildman–Crippen MR) is 234 cm³/mol. The van der Waals surface area contributed by atoms with Crippen LogP contribution in [0.4, 0.5) is 0 Å². The molecule has 9 rings (SSSR count). The van der Waals surface area contributed by atoms with Gasteiger partial charge in [-0.25, -0.2) is 0 Å². The van der Waals surface area contributed by atoms with Crippen LogP contribution in [-0.2, 0) is 37.9 Å². The van der Waals surface area contributed by atoms with Crippen molar-refractivity contribution in [2.75, 3.05) is 20.3 Å². The first-order valence-electron chi connectivity index (χ1n) is 25.0. The van der Waals surface area contributed by atoms with Gasteiger partial charge in [0.1, 0.15) is 67.1 Å². The minimum Gasteiger partial charge on any atom is -0.396 e. The van der Waals surface area contributed by atoms with E-state index in [1.165, 1.54) is 13.8 Å². The Hall–Kier alpha value is -0.980. The second-order valence-corrected chi connectivity index (χ2v) is 23.3. The monoisotopic (exact) mass is 957 g/mol. The lowest BCUT2D eigenvalue weighted by molar-refractivity contribution is -0.380. The van der Waals surface area contributed by atoms with E-state index in [1.54, 1.807) is 7.11 Å². The molecule has 4 aliphatic heterocycles. The van der Waals surface area contributed by atoms with Crippen LogP contribution in [0, 0.1) is 50.7 Å². The molecule has 4 heterocycles. The summed E-state index contributed by atoms with van der Waals surface area (Å²) >= 11 is 0. The maximum Gasteiger partial charge on any atom is 0.187 e. The summed E-state index contributed by atoms with van der Waals surface area (Å²) in [4.78, 5) is 0. The van der Waals surface area contributed by atoms with E-state index in [9.17, 15) is 51.1 Å². The SMILES string of the molecule is CO[C@@H]1O[C@H](C=C(C)C)[C@H](O)[C@@H]1[C@H]1CC[C@@]2(C)[C@@H]3CC[C@H]4[C@@](C)(CO)[C@@H](O[C@@H]5O[C@H](CO[C@@H]6O[C@@H](C)[C@H](O)[C@@H](O)[C@H]6O)[C@@H](O)[C@H](O)[C@H]5O[C@@H]5O[C@@H](C)[C@H](O)[C@@H](O)[C@H]5O)CC[C@@]45C[C@@]35CC[C@]12C. The molecule has 5 aliphatic carbocycles. The molecule has 0 aromatic heterocycles. The van der Waals surface area contributed by atoms with Crippen molar-refractivity contribution in [3.8, 4) is 0 Å². The van der Waals surface area contributed by atoms with Gasteiger partial charge in [-0.1, -0.05) is 32.4 Å². The van der Waals surface area contributed by atoms with Crippen molar-refractivity contribution in [3.63, 3.8) is 0 Å². The highest BCUT2D eigenvalue weighted by molar-refractivity contribution is 5.31. The molecule has 384 valence electrons. The van der Waals surface area contributed by atoms with Crippen molar-refractivity contribution < 1.29 is 89.0 Å². The third-order valence-electron chi connectivity index (χ3n) is 20.1. The Morgan fingerprint density at radius 2 is 1.22 bits per heavy atom. The Morgan fingerprint density at radius 1 is 0.597 bits per heavy atom. The Morgan fingerprint density at radius 3 is 1.87 bits per heavy atom. The first-order chi connectivity index (χ1) is 31.5. The van der Waals surface area contributed by atoms with Crippen molar-refractivity contribution in [2.45, 2.75) is 223 Å². The molecule has 0 radical (unpaired) electrons. The quantitative estimate of drug-likeness (QED) is 0.100. The van der Waals surface area contributed by atoms with Crippen LogP contribution in [0.15, 0.2) is 11.6 Å². The van der Waals surface area contributed by atoms with Gasteiger partial charge < -0.3 is 89.0 Å². The molecule has 5 saturated carbocycles. The number of ether oxygens (including phenoxy) is 8. The summed E-state index contributed by atoms with van der Waals surface area (Å²) in [7, 11) is 1.67. The maximum atomic E-state index is 11.8. The topological polar surface area (TPSA) is 276 Å². The minimum atomic E-state index is -1.75. The standard InChI is InChI=1S/C49H80O18/c1-21(2)17-25-33(53)30(41(60-8)64-25)24-11-13-47(7)28-10-9-27-45(5,20-50)29(12-14-48(27)19-49(28,48)16-15-46(24,47)6)66-44-40(67-43-39(59)36(56)32(52)23(4)63-43)37(57)34(54)26(65-44)18-61-42-38(58)35(55)31(51)22(3)62-42/h17,22-44,50-59H,9-16,18-20H2,1-8H3/t22-,23-,24+,25+,26+,27-,28-,29-,30-,31-,32-,33-,34+,35+,36+,37-,38+,39+,40+,41+,42+,43-,44-,45+,46+,47-,48+,49-/m0/s1. The predicted octanol–water partition coefficient (Wildman–Crippen LogP) is 0.601. The first-order valence-corrected chi connectivity index (χ1v) is 25.0. The van der Waals surface area contributed by atoms with Crippen molar-refractivity contribution in [1.82, 2.24) is 0 Å². The normalized spacial score (nSPS) is 58.3. The molecule has 4 saturated heterocycles. The summed E-state index contributed by atoms with van der Waals surface area (Å²) in [6.07, 6.45) is -13.7. The molecule has 10 N–H and O–H groups in total. The van der Waals surface area contributed by atoms with Crippen LogP contribution in [0.1, 0.15) is 106 Å². The summed E-state index contributed by atoms with van der Waals surface area (Å²) in [5.74, 6) is 0.597. The first kappa shape index (κ1) is 50.9. The Balaban J connectivity index is 0.953. The molecule has 0 amide bonds. The number of hydrogen-bond donors (Lipinski definition) is 10. The summed E-state index contributed by atoms with van der Waals surface area (Å²) in [6, 6.07) is 0. The van der Waals surface area contributed by atoms with Crippen LogP contribution in [0.25, 0.3) is 0 Å². The molecular weight excluding hydrogens is 877 g/mol. The van der Waals surface area contributed by atoms with E-state index in [2.05, 4.69) is 20.8 Å². The second-order valence-electron chi connectivity index (χ2n) is 23.3. The smallest absolute Gasteiger partial charge is 0.187 e. The zero-order valence-corrected chi connectivity index (χ0v) is 40.4. The fourth-order valence-electron chi connectivity index (χ4n) is 16.2. The van der Waals surface area contributed by atoms with Crippen molar-refractivity contribution in [3.05, 3.63) is 11.6 Å². The van der Waals surface area contributed by atoms with Crippen LogP contribution in [0.5, 0.6) is 0 Å². The van der Waals surface area contributed by atoms with Crippen LogP contribution >= 0.6 is 0 Å². The van der Waals surface area contributed by atoms with Gasteiger partial charge in [-0.3, -0.25) is 0 Å². The van der Waals surface area contributed by atoms with Gasteiger partial charge in [0.05, 0.1) is 37.6 Å². The molecule has 0 bridgehead atoms. The number of methoxy groups -OCH3 is 1. The van der Waals surface area contributed by atoms with E-state index in [-0.39, 0.29) is 46.0 Å². The highest BCUT2D eigenvalue weighted by atomic mass is 16.8. The number of allylic oxidation sites excluding steroid dienone is 1. The molecule has 67 heavy (non-hydrogen) atoms. The molecule has 9 aliphatic rings. The molecule has 18 nitrogen and oxygen atoms in total. The number of aliphatic hydroxyl groups is 10. The Labute approximate surface area is 393 Å². The molecule has 28 atom stereocenters. The lowest BCUT2D eigenvalue weighted by Gasteiger charge is -2.64. The zero-order valence-electron chi connectivity index (χ0n) is 40.4. The van der Waals surface area contributed by atoms with E-state index < -0.39 is 129 Å². The van der Waals surface area contributed by atoms with E-state index >= 15 is 0 Å². The number of fused-ring (bicyclic) bond motifs is 2. The van der Waals surface area contributed by atoms with Crippen LogP contribution in [0.2, 0.25) is 0 Å². The highest BCUT2D eigenvalue weighted by Gasteiger charge is 2.83. The van der Waals surface area contributed by atoms with Gasteiger partial charge in [0.15, 0.2) is 25.2 Å². The van der Waals surface area contributed by atoms with Crippen LogP contribution in [0.3, 0.4) is 0 Å². The number of aliphatic hydroxyl groups excluding tert-OH is 10. The van der Waals surface area contributed by atoms with Crippen molar-refractivity contribution in [1.29, 1.82) is 0 Å². The maximum absolute atomic E-state index is 11.8. The Kier molecular flexibility index (Phi) is 13.8. The summed E-state index contributed by atoms with van der Waals surface area (Å²) in [5.41, 5.74) is 0.314. The average Bonchev–Trinajstić information content (AvgIpc) is 3.76. The zero-order chi connectivity index (χ0) is 48.5. The van der Waals surface area contributed by atoms with Gasteiger partial charge in [0.2, 0.25) is 0 Å². The molecule has 0 aromatic carbocycles. The third-order valence-corrected chi connectivity index (χ3v) is 20.1. The van der Waals surface area contributed by atoms with Gasteiger partial charge in [-0.05, 0) is 125 Å². The van der Waals surface area contributed by atoms with Crippen LogP contribution < -0.4 is 0 Å². The number of hydrogen-bond acceptors (Lipinski definition) is 18. The van der Waals surface area contributed by atoms with E-state index in [1.807, 2.05) is 19.9 Å². The van der Waals surface area contributed by atoms with Gasteiger partial charge in [-0.15, -0.1) is 0 Å². The highest BCUT2D eigenvalue weighted by Crippen LogP contribution is 2.89. The van der Waals surface area contributed by atoms with E-state index in [4.69, 9.17) is 37.9 Å². The van der Waals surface area contributed by atoms with Crippen molar-refractivity contribution >= 4 is 0 Å². The minimum absolute atomic E-state index is 0.00995. The summed E-state index contributed by atoms with van der Waals surface area (Å²) < 4.78 is 48.9. The fraction of sp³-hybridized carbons (Fsp3) is 0.959. The van der Waals surface area contributed by atoms with Crippen LogP contribution in [-0.4, -0.2) is 188 Å². The molecule has 9 fully saturated rings. The van der Waals surface area contributed by atoms with E-state index in [0.29, 0.717) is 12.3 Å². The average molecular weight is 957 g/mol. The van der Waals surface area contributed by atoms with Gasteiger partial charge >= 0.3 is 0 Å². The Bertz CT molecular complexity index is 1800. The van der Waals surface area contributed by atoms with E-state index in [0.717, 1.165) is 56.9 Å². The molecule has 18 heteroatoms. The molecule has 2 spiro atoms. The summed E-state index contributed by atoms with van der Waals surface area (Å²) in [6.45, 7) is 13.4. The van der Waals surface area contributed by atoms with Gasteiger partial charge in [0, 0.05) is 18.4 Å². The fourth-order valence-corrected chi connectivity index (χ4v) is 16.2. The lowest BCUT2D eigenvalue weighted by atomic mass is 9.41. The molecular formula is C49H80O18.